The fourth-order valence-corrected chi connectivity index (χ4v) is 2.88. The van der Waals surface area contributed by atoms with Crippen molar-refractivity contribution in [3.8, 4) is 0 Å². The van der Waals surface area contributed by atoms with Crippen LogP contribution in [-0.4, -0.2) is 17.4 Å². The molecule has 1 heterocycles. The summed E-state index contributed by atoms with van der Waals surface area (Å²) in [6.45, 7) is 3.26. The number of anilines is 1. The fourth-order valence-electron chi connectivity index (χ4n) is 2.04. The van der Waals surface area contributed by atoms with E-state index in [1.54, 1.807) is 23.5 Å². The second-order valence-corrected chi connectivity index (χ2v) is 6.14. The van der Waals surface area contributed by atoms with Gasteiger partial charge in [0.1, 0.15) is 0 Å². The van der Waals surface area contributed by atoms with Gasteiger partial charge in [0.05, 0.1) is 11.5 Å². The lowest BCUT2D eigenvalue weighted by Gasteiger charge is -2.07. The van der Waals surface area contributed by atoms with Gasteiger partial charge in [-0.25, -0.2) is 0 Å². The molecule has 0 spiro atoms. The molecule has 0 saturated carbocycles. The van der Waals surface area contributed by atoms with Gasteiger partial charge in [0.2, 0.25) is 5.91 Å². The third-order valence-electron chi connectivity index (χ3n) is 3.40. The Bertz CT molecular complexity index is 667. The Kier molecular flexibility index (Phi) is 6.10. The zero-order valence-electron chi connectivity index (χ0n) is 12.9. The average Bonchev–Trinajstić information content (AvgIpc) is 2.95. The van der Waals surface area contributed by atoms with Gasteiger partial charge in [0.25, 0.3) is 5.69 Å². The van der Waals surface area contributed by atoms with Crippen molar-refractivity contribution in [3.05, 3.63) is 56.3 Å². The van der Waals surface area contributed by atoms with Crippen molar-refractivity contribution < 1.29 is 9.72 Å². The fraction of sp³-hybridized carbons (Fsp3) is 0.312. The van der Waals surface area contributed by atoms with Gasteiger partial charge in [-0.2, -0.15) is 0 Å². The van der Waals surface area contributed by atoms with Gasteiger partial charge in [-0.15, -0.1) is 11.3 Å². The third-order valence-corrected chi connectivity index (χ3v) is 4.43. The normalized spacial score (nSPS) is 10.3. The van der Waals surface area contributed by atoms with Gasteiger partial charge >= 0.3 is 0 Å². The van der Waals surface area contributed by atoms with Gasteiger partial charge in [-0.3, -0.25) is 14.9 Å². The molecule has 1 amide bonds. The van der Waals surface area contributed by atoms with Crippen LogP contribution in [0.1, 0.15) is 23.3 Å². The van der Waals surface area contributed by atoms with Gasteiger partial charge < -0.3 is 10.6 Å². The molecule has 0 aliphatic rings. The highest BCUT2D eigenvalue weighted by Crippen LogP contribution is 2.16. The van der Waals surface area contributed by atoms with Crippen molar-refractivity contribution in [2.24, 2.45) is 0 Å². The summed E-state index contributed by atoms with van der Waals surface area (Å²) in [5, 5.41) is 18.6. The van der Waals surface area contributed by atoms with Crippen LogP contribution in [0.4, 0.5) is 11.4 Å². The highest BCUT2D eigenvalue weighted by molar-refractivity contribution is 7.10. The second-order valence-electron chi connectivity index (χ2n) is 5.14. The number of rotatable bonds is 8. The molecule has 1 aromatic carbocycles. The van der Waals surface area contributed by atoms with Crippen molar-refractivity contribution >= 4 is 28.6 Å². The number of carbonyl (C=O) groups is 1. The second kappa shape index (κ2) is 8.28. The third kappa shape index (κ3) is 5.37. The first-order valence-corrected chi connectivity index (χ1v) is 8.22. The maximum atomic E-state index is 11.8. The Labute approximate surface area is 138 Å². The summed E-state index contributed by atoms with van der Waals surface area (Å²) < 4.78 is 0. The number of nitro groups is 1. The number of carbonyl (C=O) groups excluding carboxylic acids is 1. The van der Waals surface area contributed by atoms with Crippen LogP contribution in [0.3, 0.4) is 0 Å². The minimum Gasteiger partial charge on any atom is -0.385 e. The van der Waals surface area contributed by atoms with E-state index < -0.39 is 4.92 Å². The highest BCUT2D eigenvalue weighted by atomic mass is 32.1. The Morgan fingerprint density at radius 3 is 2.61 bits per heavy atom. The van der Waals surface area contributed by atoms with Gasteiger partial charge in [0.15, 0.2) is 0 Å². The lowest BCUT2D eigenvalue weighted by Crippen LogP contribution is -2.23. The van der Waals surface area contributed by atoms with Gasteiger partial charge in [-0.05, 0) is 42.5 Å². The van der Waals surface area contributed by atoms with Crippen LogP contribution in [0.5, 0.6) is 0 Å². The predicted molar refractivity (Wildman–Crippen MR) is 91.7 cm³/mol. The summed E-state index contributed by atoms with van der Waals surface area (Å²) in [7, 11) is 0. The van der Waals surface area contributed by atoms with Crippen molar-refractivity contribution in [3.63, 3.8) is 0 Å². The smallest absolute Gasteiger partial charge is 0.269 e. The van der Waals surface area contributed by atoms with Crippen molar-refractivity contribution in [1.82, 2.24) is 5.32 Å². The molecule has 1 aromatic heterocycles. The monoisotopic (exact) mass is 333 g/mol. The van der Waals surface area contributed by atoms with E-state index in [0.29, 0.717) is 25.9 Å². The molecule has 0 atom stereocenters. The number of hydrogen-bond donors (Lipinski definition) is 2. The van der Waals surface area contributed by atoms with Crippen molar-refractivity contribution in [1.29, 1.82) is 0 Å². The molecule has 0 saturated heterocycles. The van der Waals surface area contributed by atoms with Crippen LogP contribution in [-0.2, 0) is 11.3 Å². The summed E-state index contributed by atoms with van der Waals surface area (Å²) in [4.78, 5) is 23.1. The van der Waals surface area contributed by atoms with Crippen LogP contribution < -0.4 is 10.6 Å². The van der Waals surface area contributed by atoms with E-state index in [1.807, 2.05) is 18.4 Å². The summed E-state index contributed by atoms with van der Waals surface area (Å²) in [6, 6.07) is 8.28. The number of amides is 1. The number of nitrogens with zero attached hydrogens (tertiary/aromatic N) is 1. The van der Waals surface area contributed by atoms with E-state index in [0.717, 1.165) is 5.69 Å². The molecule has 122 valence electrons. The van der Waals surface area contributed by atoms with E-state index in [9.17, 15) is 14.9 Å². The first-order valence-electron chi connectivity index (χ1n) is 7.34. The van der Waals surface area contributed by atoms with Crippen LogP contribution in [0.25, 0.3) is 0 Å². The Hall–Kier alpha value is -2.41. The number of nitrogens with one attached hydrogen (secondary N) is 2. The van der Waals surface area contributed by atoms with E-state index in [1.165, 1.54) is 22.6 Å². The van der Waals surface area contributed by atoms with E-state index in [2.05, 4.69) is 10.6 Å². The van der Waals surface area contributed by atoms with Crippen LogP contribution in [0, 0.1) is 17.0 Å². The molecule has 0 aliphatic carbocycles. The van der Waals surface area contributed by atoms with Gasteiger partial charge in [0, 0.05) is 35.7 Å². The predicted octanol–water partition coefficient (Wildman–Crippen LogP) is 3.47. The summed E-state index contributed by atoms with van der Waals surface area (Å²) in [5.74, 6) is 0.0308. The van der Waals surface area contributed by atoms with Crippen molar-refractivity contribution in [2.75, 3.05) is 11.9 Å². The zero-order chi connectivity index (χ0) is 16.7. The largest absolute Gasteiger partial charge is 0.385 e. The van der Waals surface area contributed by atoms with E-state index >= 15 is 0 Å². The number of non-ortho nitro benzene ring substituents is 1. The molecule has 2 aromatic rings. The number of aryl methyl sites for hydroxylation is 1. The number of nitro benzene ring substituents is 1. The highest BCUT2D eigenvalue weighted by Gasteiger charge is 2.05. The topological polar surface area (TPSA) is 84.3 Å². The lowest BCUT2D eigenvalue weighted by molar-refractivity contribution is -0.384. The molecular weight excluding hydrogens is 314 g/mol. The summed E-state index contributed by atoms with van der Waals surface area (Å²) >= 11 is 1.65. The SMILES string of the molecule is Cc1ccsc1CNC(=O)CCCNc1ccc([N+](=O)[O-])cc1. The molecule has 23 heavy (non-hydrogen) atoms. The maximum absolute atomic E-state index is 11.8. The number of benzene rings is 1. The average molecular weight is 333 g/mol. The van der Waals surface area contributed by atoms with Crippen LogP contribution >= 0.6 is 11.3 Å². The van der Waals surface area contributed by atoms with E-state index in [-0.39, 0.29) is 11.6 Å². The molecular formula is C16H19N3O3S. The molecule has 0 radical (unpaired) electrons. The molecule has 7 heteroatoms. The number of hydrogen-bond acceptors (Lipinski definition) is 5. The van der Waals surface area contributed by atoms with Crippen LogP contribution in [0.2, 0.25) is 0 Å². The molecule has 2 N–H and O–H groups in total. The van der Waals surface area contributed by atoms with Crippen LogP contribution in [0.15, 0.2) is 35.7 Å². The first-order chi connectivity index (χ1) is 11.1. The van der Waals surface area contributed by atoms with E-state index in [4.69, 9.17) is 0 Å². The Morgan fingerprint density at radius 1 is 1.26 bits per heavy atom. The van der Waals surface area contributed by atoms with Gasteiger partial charge in [-0.1, -0.05) is 0 Å². The lowest BCUT2D eigenvalue weighted by atomic mass is 10.2. The molecule has 0 fully saturated rings. The Morgan fingerprint density at radius 2 is 2.00 bits per heavy atom. The molecule has 0 unspecified atom stereocenters. The molecule has 6 nitrogen and oxygen atoms in total. The first kappa shape index (κ1) is 17.0. The molecule has 2 rings (SSSR count). The summed E-state index contributed by atoms with van der Waals surface area (Å²) in [5.41, 5.74) is 2.08. The Balaban J connectivity index is 1.64. The van der Waals surface area contributed by atoms with Crippen molar-refractivity contribution in [2.45, 2.75) is 26.3 Å². The summed E-state index contributed by atoms with van der Waals surface area (Å²) in [6.07, 6.45) is 1.15. The minimum atomic E-state index is -0.427. The zero-order valence-corrected chi connectivity index (χ0v) is 13.7. The quantitative estimate of drug-likeness (QED) is 0.440. The molecule has 0 bridgehead atoms. The standard InChI is InChI=1S/C16H19N3O3S/c1-12-8-10-23-15(12)11-18-16(20)3-2-9-17-13-4-6-14(7-5-13)19(21)22/h4-8,10,17H,2-3,9,11H2,1H3,(H,18,20). The number of thiophene rings is 1. The molecule has 0 aliphatic heterocycles. The maximum Gasteiger partial charge on any atom is 0.269 e. The minimum absolute atomic E-state index is 0.0308.